The van der Waals surface area contributed by atoms with Crippen molar-refractivity contribution in [2.45, 2.75) is 39.5 Å². The molecule has 1 saturated heterocycles. The average Bonchev–Trinajstić information content (AvgIpc) is 2.22. The van der Waals surface area contributed by atoms with E-state index in [1.54, 1.807) is 0 Å². The predicted molar refractivity (Wildman–Crippen MR) is 58.4 cm³/mol. The maximum atomic E-state index is 11.9. The number of nitrogens with one attached hydrogen (secondary N) is 1. The Kier molecular flexibility index (Phi) is 4.59. The second kappa shape index (κ2) is 5.73. The maximum absolute atomic E-state index is 11.9. The first kappa shape index (κ1) is 12.0. The van der Waals surface area contributed by atoms with Crippen LogP contribution in [0.4, 0.5) is 4.79 Å². The molecule has 1 fully saturated rings. The van der Waals surface area contributed by atoms with E-state index in [9.17, 15) is 9.59 Å². The summed E-state index contributed by atoms with van der Waals surface area (Å²) in [5.41, 5.74) is 0. The molecule has 0 aromatic carbocycles. The zero-order valence-electron chi connectivity index (χ0n) is 9.58. The van der Waals surface area contributed by atoms with Crippen LogP contribution in [0.2, 0.25) is 0 Å². The molecule has 15 heavy (non-hydrogen) atoms. The van der Waals surface area contributed by atoms with Crippen LogP contribution in [0.5, 0.6) is 0 Å². The van der Waals surface area contributed by atoms with Gasteiger partial charge in [-0.15, -0.1) is 0 Å². The van der Waals surface area contributed by atoms with E-state index in [0.29, 0.717) is 13.1 Å². The molecule has 0 aromatic rings. The topological polar surface area (TPSA) is 49.4 Å². The molecule has 1 N–H and O–H groups in total. The van der Waals surface area contributed by atoms with Gasteiger partial charge in [0.25, 0.3) is 0 Å². The number of nitrogens with zero attached hydrogens (tertiary/aromatic N) is 1. The molecule has 0 radical (unpaired) electrons. The fraction of sp³-hybridized carbons (Fsp3) is 0.818. The molecule has 1 unspecified atom stereocenters. The lowest BCUT2D eigenvalue weighted by Crippen LogP contribution is -2.54. The summed E-state index contributed by atoms with van der Waals surface area (Å²) in [6.45, 7) is 5.17. The lowest BCUT2D eigenvalue weighted by atomic mass is 10.0. The minimum Gasteiger partial charge on any atom is -0.337 e. The number of hydrogen-bond acceptors (Lipinski definition) is 2. The van der Waals surface area contributed by atoms with Gasteiger partial charge in [-0.3, -0.25) is 9.69 Å². The minimum absolute atomic E-state index is 0.00838. The van der Waals surface area contributed by atoms with Gasteiger partial charge in [-0.1, -0.05) is 26.7 Å². The van der Waals surface area contributed by atoms with Gasteiger partial charge >= 0.3 is 6.03 Å². The molecule has 1 aliphatic rings. The van der Waals surface area contributed by atoms with Crippen molar-refractivity contribution in [2.75, 3.05) is 13.1 Å². The molecule has 4 nitrogen and oxygen atoms in total. The summed E-state index contributed by atoms with van der Waals surface area (Å²) >= 11 is 0. The Morgan fingerprint density at radius 1 is 1.33 bits per heavy atom. The van der Waals surface area contributed by atoms with Crippen molar-refractivity contribution in [3.8, 4) is 0 Å². The zero-order chi connectivity index (χ0) is 11.3. The molecular formula is C11H20N2O2. The zero-order valence-corrected chi connectivity index (χ0v) is 9.58. The highest BCUT2D eigenvalue weighted by Crippen LogP contribution is 2.14. The standard InChI is InChI=1S/C11H20N2O2/c1-3-5-7-13-10(14)9(6-4-2)8-12-11(13)15/h9H,3-8H2,1-2H3,(H,12,15). The number of unbranched alkanes of at least 4 members (excludes halogenated alkanes) is 1. The Morgan fingerprint density at radius 3 is 2.67 bits per heavy atom. The lowest BCUT2D eigenvalue weighted by molar-refractivity contribution is -0.134. The number of rotatable bonds is 5. The number of carbonyl (C=O) groups excluding carboxylic acids is 2. The van der Waals surface area contributed by atoms with Gasteiger partial charge in [-0.2, -0.15) is 0 Å². The predicted octanol–water partition coefficient (Wildman–Crippen LogP) is 1.75. The van der Waals surface area contributed by atoms with Crippen LogP contribution in [0.25, 0.3) is 0 Å². The number of carbonyl (C=O) groups is 2. The summed E-state index contributed by atoms with van der Waals surface area (Å²) < 4.78 is 0. The van der Waals surface area contributed by atoms with Crippen molar-refractivity contribution in [3.63, 3.8) is 0 Å². The third-order valence-electron chi connectivity index (χ3n) is 2.73. The van der Waals surface area contributed by atoms with Gasteiger partial charge in [0.1, 0.15) is 0 Å². The van der Waals surface area contributed by atoms with Crippen molar-refractivity contribution in [2.24, 2.45) is 5.92 Å². The molecule has 3 amide bonds. The SMILES string of the molecule is CCCCN1C(=O)NCC(CCC)C1=O. The number of hydrogen-bond donors (Lipinski definition) is 1. The largest absolute Gasteiger partial charge is 0.337 e. The third kappa shape index (κ3) is 2.94. The fourth-order valence-corrected chi connectivity index (χ4v) is 1.82. The highest BCUT2D eigenvalue weighted by molar-refractivity contribution is 5.98. The molecule has 0 aliphatic carbocycles. The van der Waals surface area contributed by atoms with Crippen LogP contribution in [0, 0.1) is 5.92 Å². The molecule has 1 heterocycles. The van der Waals surface area contributed by atoms with Gasteiger partial charge in [0.2, 0.25) is 5.91 Å². The van der Waals surface area contributed by atoms with Crippen LogP contribution in [0.15, 0.2) is 0 Å². The van der Waals surface area contributed by atoms with Gasteiger partial charge < -0.3 is 5.32 Å². The van der Waals surface area contributed by atoms with Gasteiger partial charge in [0.15, 0.2) is 0 Å². The Hall–Kier alpha value is -1.06. The van der Waals surface area contributed by atoms with Crippen LogP contribution in [-0.4, -0.2) is 29.9 Å². The number of amides is 3. The van der Waals surface area contributed by atoms with Gasteiger partial charge in [-0.05, 0) is 12.8 Å². The summed E-state index contributed by atoms with van der Waals surface area (Å²) in [5, 5.41) is 2.77. The van der Waals surface area contributed by atoms with E-state index < -0.39 is 0 Å². The molecule has 1 rings (SSSR count). The third-order valence-corrected chi connectivity index (χ3v) is 2.73. The first-order valence-corrected chi connectivity index (χ1v) is 5.79. The molecule has 1 aliphatic heterocycles. The van der Waals surface area contributed by atoms with Gasteiger partial charge in [0.05, 0.1) is 5.92 Å². The van der Waals surface area contributed by atoms with E-state index in [4.69, 9.17) is 0 Å². The Bertz CT molecular complexity index is 241. The van der Waals surface area contributed by atoms with Crippen molar-refractivity contribution in [1.82, 2.24) is 10.2 Å². The second-order valence-electron chi connectivity index (χ2n) is 4.02. The Balaban J connectivity index is 2.57. The Labute approximate surface area is 91.0 Å². The minimum atomic E-state index is -0.221. The van der Waals surface area contributed by atoms with Crippen molar-refractivity contribution < 1.29 is 9.59 Å². The quantitative estimate of drug-likeness (QED) is 0.754. The summed E-state index contributed by atoms with van der Waals surface area (Å²) in [7, 11) is 0. The highest BCUT2D eigenvalue weighted by atomic mass is 16.2. The smallest absolute Gasteiger partial charge is 0.324 e. The molecule has 4 heteroatoms. The molecule has 0 bridgehead atoms. The molecule has 1 atom stereocenters. The monoisotopic (exact) mass is 212 g/mol. The van der Waals surface area contributed by atoms with E-state index >= 15 is 0 Å². The van der Waals surface area contributed by atoms with Crippen LogP contribution < -0.4 is 5.32 Å². The number of urea groups is 1. The van der Waals surface area contributed by atoms with Crippen LogP contribution >= 0.6 is 0 Å². The van der Waals surface area contributed by atoms with Crippen LogP contribution in [0.3, 0.4) is 0 Å². The van der Waals surface area contributed by atoms with E-state index in [1.165, 1.54) is 4.90 Å². The normalized spacial score (nSPS) is 21.7. The second-order valence-corrected chi connectivity index (χ2v) is 4.02. The molecule has 0 saturated carbocycles. The summed E-state index contributed by atoms with van der Waals surface area (Å²) in [6, 6.07) is -0.221. The first-order valence-electron chi connectivity index (χ1n) is 5.79. The summed E-state index contributed by atoms with van der Waals surface area (Å²) in [6.07, 6.45) is 3.73. The van der Waals surface area contributed by atoms with E-state index in [1.807, 2.05) is 0 Å². The summed E-state index contributed by atoms with van der Waals surface area (Å²) in [4.78, 5) is 24.7. The Morgan fingerprint density at radius 2 is 2.07 bits per heavy atom. The maximum Gasteiger partial charge on any atom is 0.324 e. The average molecular weight is 212 g/mol. The van der Waals surface area contributed by atoms with Crippen molar-refractivity contribution >= 4 is 11.9 Å². The molecule has 86 valence electrons. The van der Waals surface area contributed by atoms with Gasteiger partial charge in [-0.25, -0.2) is 4.79 Å². The van der Waals surface area contributed by atoms with Crippen molar-refractivity contribution in [1.29, 1.82) is 0 Å². The summed E-state index contributed by atoms with van der Waals surface area (Å²) in [5.74, 6) is -0.00129. The number of imide groups is 1. The van der Waals surface area contributed by atoms with Crippen LogP contribution in [0.1, 0.15) is 39.5 Å². The van der Waals surface area contributed by atoms with E-state index in [-0.39, 0.29) is 17.9 Å². The lowest BCUT2D eigenvalue weighted by Gasteiger charge is -2.31. The van der Waals surface area contributed by atoms with Crippen molar-refractivity contribution in [3.05, 3.63) is 0 Å². The first-order chi connectivity index (χ1) is 7.20. The van der Waals surface area contributed by atoms with E-state index in [2.05, 4.69) is 19.2 Å². The van der Waals surface area contributed by atoms with Gasteiger partial charge in [0, 0.05) is 13.1 Å². The molecule has 0 spiro atoms. The molecular weight excluding hydrogens is 192 g/mol. The molecule has 0 aromatic heterocycles. The fourth-order valence-electron chi connectivity index (χ4n) is 1.82. The highest BCUT2D eigenvalue weighted by Gasteiger charge is 2.32. The van der Waals surface area contributed by atoms with E-state index in [0.717, 1.165) is 25.7 Å². The van der Waals surface area contributed by atoms with Crippen LogP contribution in [-0.2, 0) is 4.79 Å².